The molecule has 0 rings (SSSR count). The predicted octanol–water partition coefficient (Wildman–Crippen LogP) is 0.997. The van der Waals surface area contributed by atoms with Gasteiger partial charge in [0.25, 0.3) is 0 Å². The lowest BCUT2D eigenvalue weighted by atomic mass is 10.1. The third kappa shape index (κ3) is 2.41. The Kier molecular flexibility index (Phi) is 3.16. The third-order valence-corrected chi connectivity index (χ3v) is 1.23. The van der Waals surface area contributed by atoms with E-state index in [1.165, 1.54) is 13.8 Å². The summed E-state index contributed by atoms with van der Waals surface area (Å²) < 4.78 is 11.2. The highest BCUT2D eigenvalue weighted by Crippen LogP contribution is 2.06. The third-order valence-electron chi connectivity index (χ3n) is 1.23. The Morgan fingerprint density at radius 2 is 2.11 bits per heavy atom. The maximum atomic E-state index is 11.2. The Morgan fingerprint density at radius 1 is 1.67 bits per heavy atom. The lowest BCUT2D eigenvalue weighted by Crippen LogP contribution is -2.22. The van der Waals surface area contributed by atoms with E-state index in [9.17, 15) is 9.32 Å². The van der Waals surface area contributed by atoms with Gasteiger partial charge in [-0.15, -0.1) is 0 Å². The minimum atomic E-state index is -1.06. The van der Waals surface area contributed by atoms with E-state index in [0.29, 0.717) is 0 Å². The van der Waals surface area contributed by atoms with Gasteiger partial charge in [0.15, 0.2) is 0 Å². The van der Waals surface area contributed by atoms with Crippen LogP contribution in [0.15, 0.2) is 0 Å². The second-order valence-electron chi connectivity index (χ2n) is 1.92. The van der Waals surface area contributed by atoms with Crippen molar-refractivity contribution in [2.24, 2.45) is 5.92 Å². The first-order chi connectivity index (χ1) is 4.09. The van der Waals surface area contributed by atoms with Crippen molar-refractivity contribution in [1.29, 1.82) is 0 Å². The molecule has 0 radical (unpaired) electrons. The van der Waals surface area contributed by atoms with E-state index in [-0.39, 0.29) is 0 Å². The highest BCUT2D eigenvalue weighted by Gasteiger charge is 2.20. The molecule has 9 heavy (non-hydrogen) atoms. The van der Waals surface area contributed by atoms with Crippen molar-refractivity contribution in [3.8, 4) is 0 Å². The minimum Gasteiger partial charge on any atom is -0.481 e. The number of halogens is 1. The van der Waals surface area contributed by atoms with Gasteiger partial charge in [0, 0.05) is 0 Å². The maximum Gasteiger partial charge on any atom is 0.308 e. The zero-order chi connectivity index (χ0) is 7.44. The fraction of sp³-hybridized carbons (Fsp3) is 0.800. The quantitative estimate of drug-likeness (QED) is 0.629. The molecule has 54 valence electrons. The molecule has 0 aliphatic heterocycles. The van der Waals surface area contributed by atoms with Gasteiger partial charge in [-0.25, -0.2) is 0 Å². The van der Waals surface area contributed by atoms with Crippen LogP contribution in [-0.4, -0.2) is 17.2 Å². The van der Waals surface area contributed by atoms with Gasteiger partial charge < -0.3 is 5.11 Å². The van der Waals surface area contributed by atoms with Crippen LogP contribution in [0.5, 0.6) is 0 Å². The molecule has 3 nitrogen and oxygen atoms in total. The molecule has 0 spiro atoms. The van der Waals surface area contributed by atoms with E-state index in [4.69, 9.17) is 5.11 Å². The number of aliphatic carboxylic acids is 1. The molecule has 0 aromatic rings. The van der Waals surface area contributed by atoms with E-state index in [1.54, 1.807) is 0 Å². The van der Waals surface area contributed by atoms with E-state index in [0.717, 1.165) is 0 Å². The summed E-state index contributed by atoms with van der Waals surface area (Å²) in [6.07, 6.45) is -0.873. The van der Waals surface area contributed by atoms with Crippen molar-refractivity contribution in [2.75, 3.05) is 0 Å². The van der Waals surface area contributed by atoms with E-state index in [1.807, 2.05) is 0 Å². The van der Waals surface area contributed by atoms with Crippen LogP contribution in [0.1, 0.15) is 13.8 Å². The zero-order valence-electron chi connectivity index (χ0n) is 5.30. The largest absolute Gasteiger partial charge is 0.481 e. The second-order valence-corrected chi connectivity index (χ2v) is 1.92. The molecule has 4 heteroatoms. The number of carboxylic acids is 1. The Labute approximate surface area is 52.3 Å². The molecule has 0 fully saturated rings. The molecule has 0 amide bonds. The molecule has 0 aliphatic carbocycles. The van der Waals surface area contributed by atoms with Crippen LogP contribution in [0.3, 0.4) is 0 Å². The van der Waals surface area contributed by atoms with Crippen molar-refractivity contribution in [2.45, 2.75) is 20.0 Å². The second kappa shape index (κ2) is 3.40. The van der Waals surface area contributed by atoms with Crippen molar-refractivity contribution in [1.82, 2.24) is 0 Å². The van der Waals surface area contributed by atoms with Crippen molar-refractivity contribution < 1.29 is 19.4 Å². The highest BCUT2D eigenvalue weighted by molar-refractivity contribution is 5.70. The molecule has 1 N–H and O–H groups in total. The lowest BCUT2D eigenvalue weighted by Gasteiger charge is -2.08. The Hall–Kier alpha value is -0.640. The summed E-state index contributed by atoms with van der Waals surface area (Å²) in [4.78, 5) is 13.3. The Bertz CT molecular complexity index is 104. The van der Waals surface area contributed by atoms with Crippen LogP contribution in [0.25, 0.3) is 0 Å². The van der Waals surface area contributed by atoms with Gasteiger partial charge in [0.1, 0.15) is 6.10 Å². The van der Waals surface area contributed by atoms with Crippen LogP contribution in [0, 0.1) is 5.92 Å². The first kappa shape index (κ1) is 8.36. The number of hydrogen-bond acceptors (Lipinski definition) is 2. The molecule has 0 bridgehead atoms. The molecule has 0 heterocycles. The van der Waals surface area contributed by atoms with Crippen LogP contribution in [0.2, 0.25) is 0 Å². The average molecular weight is 136 g/mol. The Balaban J connectivity index is 3.72. The molecular weight excluding hydrogens is 127 g/mol. The van der Waals surface area contributed by atoms with Gasteiger partial charge in [-0.05, 0) is 18.4 Å². The smallest absolute Gasteiger partial charge is 0.308 e. The topological polar surface area (TPSA) is 46.5 Å². The predicted molar refractivity (Wildman–Crippen MR) is 28.5 cm³/mol. The molecule has 0 aliphatic rings. The van der Waals surface area contributed by atoms with Crippen LogP contribution >= 0.6 is 0 Å². The molecule has 0 saturated heterocycles. The standard InChI is InChI=1S/C5H9FO3/c1-3(5(7)8)4(2)9-6/h3-4H,1-2H3,(H,7,8). The van der Waals surface area contributed by atoms with Gasteiger partial charge in [0.05, 0.1) is 5.92 Å². The molecular formula is C5H9FO3. The molecule has 0 aromatic carbocycles. The molecule has 0 aromatic heterocycles. The molecule has 0 saturated carbocycles. The fourth-order valence-electron chi connectivity index (χ4n) is 0.278. The summed E-state index contributed by atoms with van der Waals surface area (Å²) >= 11 is 0. The monoisotopic (exact) mass is 136 g/mol. The number of carboxylic acid groups (broad SMARTS) is 1. The lowest BCUT2D eigenvalue weighted by molar-refractivity contribution is -0.194. The zero-order valence-corrected chi connectivity index (χ0v) is 5.30. The van der Waals surface area contributed by atoms with Crippen molar-refractivity contribution >= 4 is 5.97 Å². The van der Waals surface area contributed by atoms with E-state index >= 15 is 0 Å². The maximum absolute atomic E-state index is 11.2. The number of hydrogen-bond donors (Lipinski definition) is 1. The van der Waals surface area contributed by atoms with Crippen LogP contribution < -0.4 is 0 Å². The summed E-state index contributed by atoms with van der Waals surface area (Å²) in [5.41, 5.74) is 0. The highest BCUT2D eigenvalue weighted by atomic mass is 19.3. The van der Waals surface area contributed by atoms with Gasteiger partial charge >= 0.3 is 5.97 Å². The molecule has 2 unspecified atom stereocenters. The van der Waals surface area contributed by atoms with Crippen LogP contribution in [-0.2, 0) is 9.74 Å². The normalized spacial score (nSPS) is 16.8. The molecule has 2 atom stereocenters. The summed E-state index contributed by atoms with van der Waals surface area (Å²) in [5.74, 6) is -1.85. The van der Waals surface area contributed by atoms with Gasteiger partial charge in [-0.2, -0.15) is 4.94 Å². The fourth-order valence-corrected chi connectivity index (χ4v) is 0.278. The average Bonchev–Trinajstić information content (AvgIpc) is 1.84. The minimum absolute atomic E-state index is 0.796. The SMILES string of the molecule is CC(OF)C(C)C(=O)O. The van der Waals surface area contributed by atoms with Gasteiger partial charge in [0.2, 0.25) is 0 Å². The first-order valence-corrected chi connectivity index (χ1v) is 2.59. The Morgan fingerprint density at radius 3 is 2.22 bits per heavy atom. The van der Waals surface area contributed by atoms with Gasteiger partial charge in [-0.1, -0.05) is 0 Å². The van der Waals surface area contributed by atoms with Crippen LogP contribution in [0.4, 0.5) is 4.53 Å². The summed E-state index contributed by atoms with van der Waals surface area (Å²) in [6.45, 7) is 2.74. The van der Waals surface area contributed by atoms with E-state index in [2.05, 4.69) is 4.94 Å². The number of rotatable bonds is 3. The van der Waals surface area contributed by atoms with Crippen molar-refractivity contribution in [3.63, 3.8) is 0 Å². The van der Waals surface area contributed by atoms with Gasteiger partial charge in [-0.3, -0.25) is 4.79 Å². The summed E-state index contributed by atoms with van der Waals surface area (Å²) in [5, 5.41) is 8.24. The number of carbonyl (C=O) groups is 1. The summed E-state index contributed by atoms with van der Waals surface area (Å²) in [6, 6.07) is 0. The summed E-state index contributed by atoms with van der Waals surface area (Å²) in [7, 11) is 0. The van der Waals surface area contributed by atoms with E-state index < -0.39 is 18.0 Å². The first-order valence-electron chi connectivity index (χ1n) is 2.59. The van der Waals surface area contributed by atoms with Crippen molar-refractivity contribution in [3.05, 3.63) is 0 Å².